The predicted molar refractivity (Wildman–Crippen MR) is 94.3 cm³/mol. The summed E-state index contributed by atoms with van der Waals surface area (Å²) in [5, 5.41) is 1.61. The van der Waals surface area contributed by atoms with Crippen LogP contribution in [0.15, 0.2) is 46.3 Å². The smallest absolute Gasteiger partial charge is 0.259 e. The molecule has 0 saturated carbocycles. The lowest BCUT2D eigenvalue weighted by molar-refractivity contribution is 0.974. The fourth-order valence-corrected chi connectivity index (χ4v) is 3.73. The maximum Gasteiger partial charge on any atom is 0.259 e. The second kappa shape index (κ2) is 5.92. The number of aromatic nitrogens is 4. The van der Waals surface area contributed by atoms with Gasteiger partial charge in [-0.25, -0.2) is 4.98 Å². The lowest BCUT2D eigenvalue weighted by atomic mass is 10.2. The van der Waals surface area contributed by atoms with Crippen molar-refractivity contribution in [1.29, 1.82) is 0 Å². The summed E-state index contributed by atoms with van der Waals surface area (Å²) < 4.78 is 8.42. The number of rotatable bonds is 3. The Morgan fingerprint density at radius 1 is 1.09 bits per heavy atom. The summed E-state index contributed by atoms with van der Waals surface area (Å²) in [6.07, 6.45) is 0. The molecule has 0 aliphatic rings. The Bertz CT molecular complexity index is 1080. The van der Waals surface area contributed by atoms with E-state index in [1.165, 1.54) is 23.5 Å². The van der Waals surface area contributed by atoms with Crippen molar-refractivity contribution in [2.75, 3.05) is 0 Å². The van der Waals surface area contributed by atoms with E-state index in [1.807, 2.05) is 18.2 Å². The highest BCUT2D eigenvalue weighted by atomic mass is 35.5. The van der Waals surface area contributed by atoms with E-state index in [0.29, 0.717) is 26.8 Å². The van der Waals surface area contributed by atoms with Crippen LogP contribution in [0.2, 0.25) is 5.02 Å². The summed E-state index contributed by atoms with van der Waals surface area (Å²) in [5.74, 6) is 0.690. The molecular weight excluding hydrogens is 352 g/mol. The molecule has 0 aliphatic carbocycles. The Morgan fingerprint density at radius 2 is 1.91 bits per heavy atom. The largest absolute Gasteiger partial charge is 0.301 e. The monoisotopic (exact) mass is 360 g/mol. The Balaban J connectivity index is 1.62. The molecule has 4 aromatic rings. The minimum absolute atomic E-state index is 0.181. The van der Waals surface area contributed by atoms with Crippen LogP contribution in [0.3, 0.4) is 0 Å². The van der Waals surface area contributed by atoms with Crippen molar-refractivity contribution in [3.05, 3.63) is 57.3 Å². The van der Waals surface area contributed by atoms with Gasteiger partial charge in [0.25, 0.3) is 5.56 Å². The van der Waals surface area contributed by atoms with Crippen LogP contribution in [-0.4, -0.2) is 18.7 Å². The molecule has 23 heavy (non-hydrogen) atoms. The SMILES string of the molecule is O=c1[nH]c(SCc2ccc3nsnc3c2)nc2ccc(Cl)cc12. The standard InChI is InChI=1S/C15H9ClN4OS2/c16-9-2-4-11-10(6-9)14(21)18-15(17-11)22-7-8-1-3-12-13(5-8)20-23-19-12/h1-6H,7H2,(H,17,18,21). The van der Waals surface area contributed by atoms with Crippen LogP contribution in [0, 0.1) is 0 Å². The lowest BCUT2D eigenvalue weighted by Gasteiger charge is -2.03. The fraction of sp³-hybridized carbons (Fsp3) is 0.0667. The Labute approximate surface area is 144 Å². The third-order valence-electron chi connectivity index (χ3n) is 3.34. The number of hydrogen-bond acceptors (Lipinski definition) is 6. The number of aromatic amines is 1. The molecule has 0 saturated heterocycles. The molecule has 0 aliphatic heterocycles. The summed E-state index contributed by atoms with van der Waals surface area (Å²) in [6.45, 7) is 0. The lowest BCUT2D eigenvalue weighted by Crippen LogP contribution is -2.09. The topological polar surface area (TPSA) is 71.5 Å². The third-order valence-corrected chi connectivity index (χ3v) is 5.08. The number of hydrogen-bond donors (Lipinski definition) is 1. The van der Waals surface area contributed by atoms with Crippen molar-refractivity contribution in [2.45, 2.75) is 10.9 Å². The molecule has 2 aromatic carbocycles. The van der Waals surface area contributed by atoms with E-state index in [9.17, 15) is 4.79 Å². The second-order valence-corrected chi connectivity index (χ2v) is 6.84. The van der Waals surface area contributed by atoms with Gasteiger partial charge in [-0.1, -0.05) is 29.4 Å². The van der Waals surface area contributed by atoms with E-state index in [4.69, 9.17) is 11.6 Å². The van der Waals surface area contributed by atoms with Gasteiger partial charge in [-0.3, -0.25) is 4.79 Å². The van der Waals surface area contributed by atoms with Crippen molar-refractivity contribution < 1.29 is 0 Å². The summed E-state index contributed by atoms with van der Waals surface area (Å²) >= 11 is 8.59. The Kier molecular flexibility index (Phi) is 3.76. The number of thioether (sulfide) groups is 1. The molecule has 0 unspecified atom stereocenters. The first kappa shape index (κ1) is 14.6. The quantitative estimate of drug-likeness (QED) is 0.443. The first-order valence-corrected chi connectivity index (χ1v) is 8.82. The van der Waals surface area contributed by atoms with Gasteiger partial charge in [-0.2, -0.15) is 8.75 Å². The maximum absolute atomic E-state index is 12.1. The highest BCUT2D eigenvalue weighted by Crippen LogP contribution is 2.23. The third kappa shape index (κ3) is 2.95. The van der Waals surface area contributed by atoms with Crippen molar-refractivity contribution in [2.24, 2.45) is 0 Å². The van der Waals surface area contributed by atoms with Crippen LogP contribution in [0.1, 0.15) is 5.56 Å². The van der Waals surface area contributed by atoms with Gasteiger partial charge >= 0.3 is 0 Å². The Morgan fingerprint density at radius 3 is 2.83 bits per heavy atom. The first-order valence-electron chi connectivity index (χ1n) is 6.73. The summed E-state index contributed by atoms with van der Waals surface area (Å²) in [6, 6.07) is 11.1. The van der Waals surface area contributed by atoms with Gasteiger partial charge in [0.05, 0.1) is 22.6 Å². The van der Waals surface area contributed by atoms with E-state index in [-0.39, 0.29) is 5.56 Å². The van der Waals surface area contributed by atoms with Crippen molar-refractivity contribution in [3.8, 4) is 0 Å². The van der Waals surface area contributed by atoms with Gasteiger partial charge < -0.3 is 4.98 Å². The summed E-state index contributed by atoms with van der Waals surface area (Å²) in [7, 11) is 0. The van der Waals surface area contributed by atoms with E-state index in [2.05, 4.69) is 18.7 Å². The molecule has 1 N–H and O–H groups in total. The van der Waals surface area contributed by atoms with Gasteiger partial charge in [-0.15, -0.1) is 0 Å². The van der Waals surface area contributed by atoms with Crippen LogP contribution in [0.5, 0.6) is 0 Å². The molecule has 2 aromatic heterocycles. The van der Waals surface area contributed by atoms with Crippen molar-refractivity contribution in [1.82, 2.24) is 18.7 Å². The van der Waals surface area contributed by atoms with E-state index >= 15 is 0 Å². The summed E-state index contributed by atoms with van der Waals surface area (Å²) in [5.41, 5.74) is 3.36. The van der Waals surface area contributed by atoms with Crippen LogP contribution in [0.4, 0.5) is 0 Å². The average Bonchev–Trinajstić information content (AvgIpc) is 3.01. The van der Waals surface area contributed by atoms with Crippen molar-refractivity contribution >= 4 is 57.0 Å². The molecular formula is C15H9ClN4OS2. The zero-order valence-corrected chi connectivity index (χ0v) is 14.0. The highest BCUT2D eigenvalue weighted by molar-refractivity contribution is 7.98. The molecule has 0 bridgehead atoms. The molecule has 5 nitrogen and oxygen atoms in total. The molecule has 0 radical (unpaired) electrons. The van der Waals surface area contributed by atoms with Crippen LogP contribution < -0.4 is 5.56 Å². The molecule has 0 atom stereocenters. The number of nitrogens with zero attached hydrogens (tertiary/aromatic N) is 3. The minimum atomic E-state index is -0.181. The maximum atomic E-state index is 12.1. The van der Waals surface area contributed by atoms with Gasteiger partial charge in [0.2, 0.25) is 0 Å². The number of fused-ring (bicyclic) bond motifs is 2. The normalized spacial score (nSPS) is 11.3. The molecule has 114 valence electrons. The van der Waals surface area contributed by atoms with Gasteiger partial charge in [0, 0.05) is 10.8 Å². The Hall–Kier alpha value is -1.96. The molecule has 0 fully saturated rings. The molecule has 8 heteroatoms. The van der Waals surface area contributed by atoms with Crippen molar-refractivity contribution in [3.63, 3.8) is 0 Å². The van der Waals surface area contributed by atoms with Gasteiger partial charge in [-0.05, 0) is 35.9 Å². The zero-order valence-electron chi connectivity index (χ0n) is 11.6. The second-order valence-electron chi connectivity index (χ2n) is 4.91. The molecule has 4 rings (SSSR count). The van der Waals surface area contributed by atoms with Crippen LogP contribution >= 0.6 is 35.1 Å². The van der Waals surface area contributed by atoms with Gasteiger partial charge in [0.1, 0.15) is 11.0 Å². The van der Waals surface area contributed by atoms with Crippen LogP contribution in [0.25, 0.3) is 21.9 Å². The molecule has 0 spiro atoms. The van der Waals surface area contributed by atoms with Gasteiger partial charge in [0.15, 0.2) is 5.16 Å². The zero-order chi connectivity index (χ0) is 15.8. The van der Waals surface area contributed by atoms with E-state index in [1.54, 1.807) is 18.2 Å². The number of H-pyrrole nitrogens is 1. The predicted octanol–water partition coefficient (Wildman–Crippen LogP) is 3.87. The molecule has 2 heterocycles. The molecule has 0 amide bonds. The first-order chi connectivity index (χ1) is 11.2. The van der Waals surface area contributed by atoms with Crippen LogP contribution in [-0.2, 0) is 5.75 Å². The average molecular weight is 361 g/mol. The number of benzene rings is 2. The van der Waals surface area contributed by atoms with E-state index in [0.717, 1.165) is 16.6 Å². The number of nitrogens with one attached hydrogen (secondary N) is 1. The number of halogens is 1. The highest BCUT2D eigenvalue weighted by Gasteiger charge is 2.06. The van der Waals surface area contributed by atoms with E-state index < -0.39 is 0 Å². The summed E-state index contributed by atoms with van der Waals surface area (Å²) in [4.78, 5) is 19.4. The fourth-order valence-electron chi connectivity index (χ4n) is 2.23. The minimum Gasteiger partial charge on any atom is -0.301 e.